The minimum Gasteiger partial charge on any atom is -0.318 e. The summed E-state index contributed by atoms with van der Waals surface area (Å²) in [6.07, 6.45) is 8.24. The Bertz CT molecular complexity index is 1010. The van der Waals surface area contributed by atoms with Gasteiger partial charge in [-0.15, -0.1) is 0 Å². The number of allylic oxidation sites excluding steroid dienone is 2. The lowest BCUT2D eigenvalue weighted by Gasteiger charge is -2.28. The molecule has 1 aliphatic rings. The lowest BCUT2D eigenvalue weighted by Crippen LogP contribution is -2.39. The molecule has 1 N–H and O–H groups in total. The van der Waals surface area contributed by atoms with Crippen molar-refractivity contribution in [3.8, 4) is 0 Å². The average Bonchev–Trinajstić information content (AvgIpc) is 3.04. The van der Waals surface area contributed by atoms with Gasteiger partial charge in [-0.25, -0.2) is 4.98 Å². The van der Waals surface area contributed by atoms with Crippen molar-refractivity contribution in [2.24, 2.45) is 0 Å². The number of benzene rings is 1. The second-order valence-electron chi connectivity index (χ2n) is 6.31. The summed E-state index contributed by atoms with van der Waals surface area (Å²) in [7, 11) is 0. The second kappa shape index (κ2) is 9.17. The van der Waals surface area contributed by atoms with E-state index in [2.05, 4.69) is 23.5 Å². The Morgan fingerprint density at radius 3 is 2.62 bits per heavy atom. The molecule has 3 rings (SSSR count). The first-order valence-corrected chi connectivity index (χ1v) is 9.36. The van der Waals surface area contributed by atoms with Crippen molar-refractivity contribution in [2.45, 2.75) is 6.04 Å². The monoisotopic (exact) mass is 405 g/mol. The number of rotatable bonds is 7. The quantitative estimate of drug-likeness (QED) is 0.691. The molecule has 0 spiro atoms. The lowest BCUT2D eigenvalue weighted by molar-refractivity contribution is -0.134. The fourth-order valence-corrected chi connectivity index (χ4v) is 3.33. The molecule has 2 heterocycles. The summed E-state index contributed by atoms with van der Waals surface area (Å²) in [5, 5.41) is 3.06. The summed E-state index contributed by atoms with van der Waals surface area (Å²) in [6, 6.07) is 11.6. The number of hydrogen-bond donors (Lipinski definition) is 1. The maximum atomic E-state index is 13.2. The maximum Gasteiger partial charge on any atom is 0.255 e. The number of halogens is 1. The highest BCUT2D eigenvalue weighted by Gasteiger charge is 2.37. The molecule has 1 aromatic carbocycles. The third-order valence-corrected chi connectivity index (χ3v) is 4.80. The Labute approximate surface area is 174 Å². The first-order chi connectivity index (χ1) is 14.1. The smallest absolute Gasteiger partial charge is 0.255 e. The second-order valence-corrected chi connectivity index (χ2v) is 6.71. The number of carbonyl (C=O) groups excluding carboxylic acids is 2. The van der Waals surface area contributed by atoms with E-state index >= 15 is 0 Å². The first-order valence-electron chi connectivity index (χ1n) is 8.98. The molecule has 1 aromatic heterocycles. The maximum absolute atomic E-state index is 13.2. The van der Waals surface area contributed by atoms with Gasteiger partial charge in [0.25, 0.3) is 11.8 Å². The van der Waals surface area contributed by atoms with E-state index in [0.717, 1.165) is 5.57 Å². The van der Waals surface area contributed by atoms with Gasteiger partial charge in [-0.2, -0.15) is 0 Å². The normalized spacial score (nSPS) is 14.9. The molecule has 5 nitrogen and oxygen atoms in total. The minimum absolute atomic E-state index is 0.246. The van der Waals surface area contributed by atoms with Crippen LogP contribution in [0, 0.1) is 0 Å². The SMILES string of the molecule is C=C/C=C\C1=C(C=C)C(=O)N(C(C(=O)Nc2ncccc2Cl)c2ccccc2)C1. The number of pyridine rings is 1. The lowest BCUT2D eigenvalue weighted by atomic mass is 10.0. The Hall–Kier alpha value is -3.44. The number of anilines is 1. The predicted molar refractivity (Wildman–Crippen MR) is 115 cm³/mol. The largest absolute Gasteiger partial charge is 0.318 e. The molecule has 0 saturated heterocycles. The van der Waals surface area contributed by atoms with Crippen LogP contribution in [0.15, 0.2) is 97.3 Å². The van der Waals surface area contributed by atoms with E-state index in [9.17, 15) is 9.59 Å². The molecule has 2 amide bonds. The van der Waals surface area contributed by atoms with Crippen LogP contribution in [-0.4, -0.2) is 28.2 Å². The van der Waals surface area contributed by atoms with Gasteiger partial charge in [-0.05, 0) is 23.3 Å². The molecule has 2 aromatic rings. The van der Waals surface area contributed by atoms with Crippen molar-refractivity contribution in [1.82, 2.24) is 9.88 Å². The first kappa shape index (κ1) is 20.3. The minimum atomic E-state index is -0.855. The number of nitrogens with zero attached hydrogens (tertiary/aromatic N) is 2. The number of hydrogen-bond acceptors (Lipinski definition) is 3. The molecule has 1 unspecified atom stereocenters. The van der Waals surface area contributed by atoms with Gasteiger partial charge in [-0.3, -0.25) is 9.59 Å². The van der Waals surface area contributed by atoms with E-state index in [4.69, 9.17) is 11.6 Å². The van der Waals surface area contributed by atoms with Crippen molar-refractivity contribution < 1.29 is 9.59 Å². The van der Waals surface area contributed by atoms with Gasteiger partial charge in [0.2, 0.25) is 0 Å². The van der Waals surface area contributed by atoms with Crippen LogP contribution in [0.2, 0.25) is 5.02 Å². The fraction of sp³-hybridized carbons (Fsp3) is 0.0870. The molecule has 0 saturated carbocycles. The Balaban J connectivity index is 1.97. The van der Waals surface area contributed by atoms with Crippen LogP contribution in [0.3, 0.4) is 0 Å². The topological polar surface area (TPSA) is 62.3 Å². The Kier molecular flexibility index (Phi) is 6.42. The predicted octanol–water partition coefficient (Wildman–Crippen LogP) is 4.48. The summed E-state index contributed by atoms with van der Waals surface area (Å²) in [5.41, 5.74) is 1.92. The summed E-state index contributed by atoms with van der Waals surface area (Å²) >= 11 is 6.14. The van der Waals surface area contributed by atoms with Gasteiger partial charge in [0.15, 0.2) is 5.82 Å². The van der Waals surface area contributed by atoms with Crippen molar-refractivity contribution >= 4 is 29.2 Å². The zero-order valence-electron chi connectivity index (χ0n) is 15.7. The van der Waals surface area contributed by atoms with Gasteiger partial charge in [0, 0.05) is 18.3 Å². The highest BCUT2D eigenvalue weighted by atomic mass is 35.5. The van der Waals surface area contributed by atoms with E-state index in [1.165, 1.54) is 17.2 Å². The Morgan fingerprint density at radius 1 is 1.21 bits per heavy atom. The summed E-state index contributed by atoms with van der Waals surface area (Å²) in [5.74, 6) is -0.419. The molecule has 1 aliphatic heterocycles. The highest BCUT2D eigenvalue weighted by Crippen LogP contribution is 2.32. The van der Waals surface area contributed by atoms with Crippen LogP contribution in [-0.2, 0) is 9.59 Å². The van der Waals surface area contributed by atoms with Crippen LogP contribution in [0.25, 0.3) is 0 Å². The molecule has 0 fully saturated rings. The van der Waals surface area contributed by atoms with Gasteiger partial charge in [-0.1, -0.05) is 79.4 Å². The highest BCUT2D eigenvalue weighted by molar-refractivity contribution is 6.33. The molecule has 0 bridgehead atoms. The standard InChI is InChI=1S/C23H20ClN3O2/c1-3-5-10-17-15-27(23(29)18(17)4-2)20(16-11-7-6-8-12-16)22(28)26-21-19(24)13-9-14-25-21/h3-14,20H,1-2,15H2,(H,25,26,28)/b10-5-. The summed E-state index contributed by atoms with van der Waals surface area (Å²) in [4.78, 5) is 31.9. The third-order valence-electron chi connectivity index (χ3n) is 4.49. The van der Waals surface area contributed by atoms with Crippen LogP contribution in [0.5, 0.6) is 0 Å². The van der Waals surface area contributed by atoms with Gasteiger partial charge < -0.3 is 10.2 Å². The van der Waals surface area contributed by atoms with Crippen LogP contribution >= 0.6 is 11.6 Å². The van der Waals surface area contributed by atoms with E-state index in [1.807, 2.05) is 30.3 Å². The van der Waals surface area contributed by atoms with Gasteiger partial charge >= 0.3 is 0 Å². The number of nitrogens with one attached hydrogen (secondary N) is 1. The van der Waals surface area contributed by atoms with Crippen LogP contribution in [0.4, 0.5) is 5.82 Å². The van der Waals surface area contributed by atoms with Crippen molar-refractivity contribution in [3.05, 3.63) is 108 Å². The summed E-state index contributed by atoms with van der Waals surface area (Å²) < 4.78 is 0. The number of carbonyl (C=O) groups is 2. The molecule has 29 heavy (non-hydrogen) atoms. The van der Waals surface area contributed by atoms with Gasteiger partial charge in [0.05, 0.1) is 5.02 Å². The van der Waals surface area contributed by atoms with Crippen molar-refractivity contribution in [1.29, 1.82) is 0 Å². The zero-order valence-corrected chi connectivity index (χ0v) is 16.5. The summed E-state index contributed by atoms with van der Waals surface area (Å²) in [6.45, 7) is 7.68. The number of amides is 2. The van der Waals surface area contributed by atoms with E-state index < -0.39 is 11.9 Å². The van der Waals surface area contributed by atoms with Crippen molar-refractivity contribution in [3.63, 3.8) is 0 Å². The molecular weight excluding hydrogens is 386 g/mol. The third kappa shape index (κ3) is 4.36. The van der Waals surface area contributed by atoms with E-state index in [0.29, 0.717) is 16.2 Å². The molecule has 146 valence electrons. The van der Waals surface area contributed by atoms with E-state index in [1.54, 1.807) is 30.4 Å². The fourth-order valence-electron chi connectivity index (χ4n) is 3.16. The molecule has 0 radical (unpaired) electrons. The van der Waals surface area contributed by atoms with E-state index in [-0.39, 0.29) is 18.3 Å². The molecule has 1 atom stereocenters. The van der Waals surface area contributed by atoms with Crippen LogP contribution in [0.1, 0.15) is 11.6 Å². The van der Waals surface area contributed by atoms with Crippen LogP contribution < -0.4 is 5.32 Å². The van der Waals surface area contributed by atoms with Crippen molar-refractivity contribution in [2.75, 3.05) is 11.9 Å². The van der Waals surface area contributed by atoms with Gasteiger partial charge in [0.1, 0.15) is 6.04 Å². The zero-order chi connectivity index (χ0) is 20.8. The molecular formula is C23H20ClN3O2. The Morgan fingerprint density at radius 2 is 1.97 bits per heavy atom. The average molecular weight is 406 g/mol. The molecule has 6 heteroatoms. The number of aromatic nitrogens is 1. The molecule has 0 aliphatic carbocycles.